The number of hydrogen-bond acceptors (Lipinski definition) is 3. The van der Waals surface area contributed by atoms with Gasteiger partial charge >= 0.3 is 0 Å². The monoisotopic (exact) mass is 302 g/mol. The van der Waals surface area contributed by atoms with Crippen molar-refractivity contribution in [1.82, 2.24) is 10.6 Å². The fourth-order valence-electron chi connectivity index (χ4n) is 2.86. The first-order valence-electron chi connectivity index (χ1n) is 8.08. The Balaban J connectivity index is 1.85. The number of Topliss-reactive ketones (excluding diaryl/α,β-unsaturated/α-hetero) is 1. The number of ketones is 1. The Labute approximate surface area is 132 Å². The van der Waals surface area contributed by atoms with E-state index in [9.17, 15) is 9.59 Å². The van der Waals surface area contributed by atoms with Crippen molar-refractivity contribution in [3.05, 3.63) is 34.9 Å². The molecule has 0 aromatic heterocycles. The van der Waals surface area contributed by atoms with Gasteiger partial charge in [0.1, 0.15) is 0 Å². The van der Waals surface area contributed by atoms with E-state index < -0.39 is 0 Å². The zero-order valence-electron chi connectivity index (χ0n) is 13.7. The van der Waals surface area contributed by atoms with Crippen molar-refractivity contribution in [2.24, 2.45) is 5.92 Å². The second-order valence-corrected chi connectivity index (χ2v) is 6.39. The average Bonchev–Trinajstić information content (AvgIpc) is 2.49. The predicted molar refractivity (Wildman–Crippen MR) is 88.1 cm³/mol. The number of carbonyl (C=O) groups excluding carboxylic acids is 2. The van der Waals surface area contributed by atoms with Gasteiger partial charge in [-0.2, -0.15) is 0 Å². The molecule has 1 aliphatic rings. The van der Waals surface area contributed by atoms with Crippen molar-refractivity contribution in [2.45, 2.75) is 46.1 Å². The summed E-state index contributed by atoms with van der Waals surface area (Å²) in [4.78, 5) is 24.3. The molecule has 120 valence electrons. The van der Waals surface area contributed by atoms with E-state index in [0.29, 0.717) is 5.92 Å². The van der Waals surface area contributed by atoms with E-state index in [1.165, 1.54) is 0 Å². The van der Waals surface area contributed by atoms with Gasteiger partial charge in [0.05, 0.1) is 0 Å². The molecule has 1 aromatic rings. The van der Waals surface area contributed by atoms with E-state index in [2.05, 4.69) is 17.6 Å². The van der Waals surface area contributed by atoms with Gasteiger partial charge in [-0.1, -0.05) is 24.6 Å². The lowest BCUT2D eigenvalue weighted by molar-refractivity contribution is -0.122. The van der Waals surface area contributed by atoms with Gasteiger partial charge < -0.3 is 10.6 Å². The van der Waals surface area contributed by atoms with Crippen LogP contribution in [0.2, 0.25) is 0 Å². The molecule has 1 aromatic carbocycles. The fourth-order valence-corrected chi connectivity index (χ4v) is 2.86. The highest BCUT2D eigenvalue weighted by Gasteiger charge is 2.22. The molecular weight excluding hydrogens is 276 g/mol. The maximum absolute atomic E-state index is 12.3. The Morgan fingerprint density at radius 1 is 1.27 bits per heavy atom. The minimum atomic E-state index is -0.0285. The molecule has 22 heavy (non-hydrogen) atoms. The highest BCUT2D eigenvalue weighted by Crippen LogP contribution is 2.15. The summed E-state index contributed by atoms with van der Waals surface area (Å²) in [6, 6.07) is 6.04. The first-order chi connectivity index (χ1) is 10.5. The Kier molecular flexibility index (Phi) is 5.72. The molecule has 1 fully saturated rings. The first-order valence-corrected chi connectivity index (χ1v) is 8.08. The molecule has 0 spiro atoms. The highest BCUT2D eigenvalue weighted by atomic mass is 16.2. The molecule has 4 nitrogen and oxygen atoms in total. The average molecular weight is 302 g/mol. The topological polar surface area (TPSA) is 58.2 Å². The van der Waals surface area contributed by atoms with E-state index in [1.807, 2.05) is 32.0 Å². The number of benzene rings is 1. The van der Waals surface area contributed by atoms with Crippen LogP contribution >= 0.6 is 0 Å². The maximum Gasteiger partial charge on any atom is 0.220 e. The SMILES string of the molecule is Cc1ccc(C)c(C(=O)CCC(=O)NC2CNCCC2C)c1. The molecule has 0 saturated carbocycles. The standard InChI is InChI=1S/C18H26N2O2/c1-12-4-5-13(2)15(10-12)17(21)6-7-18(22)20-16-11-19-9-8-14(16)3/h4-5,10,14,16,19H,6-9,11H2,1-3H3,(H,20,22). The van der Waals surface area contributed by atoms with Crippen LogP contribution in [-0.2, 0) is 4.79 Å². The van der Waals surface area contributed by atoms with Gasteiger partial charge in [-0.3, -0.25) is 9.59 Å². The van der Waals surface area contributed by atoms with Gasteiger partial charge in [-0.05, 0) is 44.4 Å². The predicted octanol–water partition coefficient (Wildman–Crippen LogP) is 2.38. The third kappa shape index (κ3) is 4.41. The molecule has 0 bridgehead atoms. The van der Waals surface area contributed by atoms with Crippen LogP contribution in [0.1, 0.15) is 47.7 Å². The van der Waals surface area contributed by atoms with Crippen molar-refractivity contribution in [1.29, 1.82) is 0 Å². The molecule has 2 atom stereocenters. The summed E-state index contributed by atoms with van der Waals surface area (Å²) < 4.78 is 0. The van der Waals surface area contributed by atoms with Crippen LogP contribution in [0.4, 0.5) is 0 Å². The molecule has 2 N–H and O–H groups in total. The molecular formula is C18H26N2O2. The summed E-state index contributed by atoms with van der Waals surface area (Å²) >= 11 is 0. The molecule has 1 aliphatic heterocycles. The summed E-state index contributed by atoms with van der Waals surface area (Å²) in [5, 5.41) is 6.34. The normalized spacial score (nSPS) is 21.4. The summed E-state index contributed by atoms with van der Waals surface area (Å²) in [6.07, 6.45) is 1.60. The zero-order chi connectivity index (χ0) is 16.1. The Bertz CT molecular complexity index is 554. The molecule has 1 heterocycles. The maximum atomic E-state index is 12.3. The highest BCUT2D eigenvalue weighted by molar-refractivity contribution is 5.99. The molecule has 2 rings (SSSR count). The Morgan fingerprint density at radius 3 is 2.77 bits per heavy atom. The van der Waals surface area contributed by atoms with Crippen LogP contribution in [0.25, 0.3) is 0 Å². The van der Waals surface area contributed by atoms with E-state index in [1.54, 1.807) is 0 Å². The number of carbonyl (C=O) groups is 2. The summed E-state index contributed by atoms with van der Waals surface area (Å²) in [7, 11) is 0. The van der Waals surface area contributed by atoms with Crippen LogP contribution in [-0.4, -0.2) is 30.8 Å². The molecule has 2 unspecified atom stereocenters. The molecule has 1 amide bonds. The van der Waals surface area contributed by atoms with E-state index in [4.69, 9.17) is 0 Å². The van der Waals surface area contributed by atoms with Crippen LogP contribution in [0.5, 0.6) is 0 Å². The van der Waals surface area contributed by atoms with E-state index in [-0.39, 0.29) is 30.6 Å². The summed E-state index contributed by atoms with van der Waals surface area (Å²) in [5.74, 6) is 0.505. The zero-order valence-corrected chi connectivity index (χ0v) is 13.7. The lowest BCUT2D eigenvalue weighted by atomic mass is 9.94. The third-order valence-corrected chi connectivity index (χ3v) is 4.45. The molecule has 1 saturated heterocycles. The fraction of sp³-hybridized carbons (Fsp3) is 0.556. The number of hydrogen-bond donors (Lipinski definition) is 2. The number of nitrogens with one attached hydrogen (secondary N) is 2. The first kappa shape index (κ1) is 16.7. The number of amides is 1. The summed E-state index contributed by atoms with van der Waals surface area (Å²) in [6.45, 7) is 7.89. The largest absolute Gasteiger partial charge is 0.352 e. The smallest absolute Gasteiger partial charge is 0.220 e. The van der Waals surface area contributed by atoms with Crippen LogP contribution in [0, 0.1) is 19.8 Å². The Hall–Kier alpha value is -1.68. The van der Waals surface area contributed by atoms with Gasteiger partial charge in [0, 0.05) is 31.0 Å². The minimum Gasteiger partial charge on any atom is -0.352 e. The van der Waals surface area contributed by atoms with Crippen molar-refractivity contribution in [3.8, 4) is 0 Å². The third-order valence-electron chi connectivity index (χ3n) is 4.45. The van der Waals surface area contributed by atoms with Gasteiger partial charge in [0.15, 0.2) is 5.78 Å². The number of piperidine rings is 1. The van der Waals surface area contributed by atoms with Crippen molar-refractivity contribution >= 4 is 11.7 Å². The lowest BCUT2D eigenvalue weighted by Gasteiger charge is -2.30. The van der Waals surface area contributed by atoms with Crippen LogP contribution < -0.4 is 10.6 Å². The summed E-state index contributed by atoms with van der Waals surface area (Å²) in [5.41, 5.74) is 2.78. The van der Waals surface area contributed by atoms with Gasteiger partial charge in [-0.25, -0.2) is 0 Å². The van der Waals surface area contributed by atoms with Crippen molar-refractivity contribution in [2.75, 3.05) is 13.1 Å². The number of rotatable bonds is 5. The lowest BCUT2D eigenvalue weighted by Crippen LogP contribution is -2.50. The van der Waals surface area contributed by atoms with E-state index in [0.717, 1.165) is 36.2 Å². The van der Waals surface area contributed by atoms with E-state index >= 15 is 0 Å². The minimum absolute atomic E-state index is 0.0285. The molecule has 4 heteroatoms. The second kappa shape index (κ2) is 7.54. The molecule has 0 radical (unpaired) electrons. The van der Waals surface area contributed by atoms with Crippen LogP contribution in [0.15, 0.2) is 18.2 Å². The van der Waals surface area contributed by atoms with Gasteiger partial charge in [0.25, 0.3) is 0 Å². The molecule has 0 aliphatic carbocycles. The van der Waals surface area contributed by atoms with Crippen LogP contribution in [0.3, 0.4) is 0 Å². The van der Waals surface area contributed by atoms with Crippen molar-refractivity contribution < 1.29 is 9.59 Å². The van der Waals surface area contributed by atoms with Crippen molar-refractivity contribution in [3.63, 3.8) is 0 Å². The van der Waals surface area contributed by atoms with Gasteiger partial charge in [0.2, 0.25) is 5.91 Å². The second-order valence-electron chi connectivity index (χ2n) is 6.39. The quantitative estimate of drug-likeness (QED) is 0.821. The Morgan fingerprint density at radius 2 is 2.05 bits per heavy atom. The van der Waals surface area contributed by atoms with Gasteiger partial charge in [-0.15, -0.1) is 0 Å². The number of aryl methyl sites for hydroxylation is 2.